The summed E-state index contributed by atoms with van der Waals surface area (Å²) in [4.78, 5) is 3.72. The fourth-order valence-electron chi connectivity index (χ4n) is 2.18. The van der Waals surface area contributed by atoms with Gasteiger partial charge in [-0.25, -0.2) is 0 Å². The zero-order chi connectivity index (χ0) is 13.2. The van der Waals surface area contributed by atoms with Gasteiger partial charge in [0.15, 0.2) is 0 Å². The standard InChI is InChI=1S/C16H16OS2/c1-2-12-7-8-13(18-12)10-14(17)16-9-11-5-3-4-6-15(11)19-16/h3-9,14,17H,2,10H2,1H3. The van der Waals surface area contributed by atoms with Gasteiger partial charge in [-0.3, -0.25) is 0 Å². The molecule has 3 heteroatoms. The monoisotopic (exact) mass is 288 g/mol. The van der Waals surface area contributed by atoms with Crippen molar-refractivity contribution in [2.75, 3.05) is 0 Å². The van der Waals surface area contributed by atoms with Crippen molar-refractivity contribution in [1.82, 2.24) is 0 Å². The van der Waals surface area contributed by atoms with E-state index in [1.165, 1.54) is 19.8 Å². The summed E-state index contributed by atoms with van der Waals surface area (Å²) in [6.07, 6.45) is 1.40. The fourth-order valence-corrected chi connectivity index (χ4v) is 4.22. The first-order valence-electron chi connectivity index (χ1n) is 6.50. The van der Waals surface area contributed by atoms with E-state index in [0.29, 0.717) is 0 Å². The lowest BCUT2D eigenvalue weighted by atomic mass is 10.1. The van der Waals surface area contributed by atoms with Gasteiger partial charge in [0.05, 0.1) is 6.10 Å². The summed E-state index contributed by atoms with van der Waals surface area (Å²) in [6, 6.07) is 14.7. The molecule has 1 unspecified atom stereocenters. The van der Waals surface area contributed by atoms with Crippen LogP contribution in [0.2, 0.25) is 0 Å². The molecule has 19 heavy (non-hydrogen) atoms. The smallest absolute Gasteiger partial charge is 0.0930 e. The van der Waals surface area contributed by atoms with Crippen molar-refractivity contribution < 1.29 is 5.11 Å². The summed E-state index contributed by atoms with van der Waals surface area (Å²) in [6.45, 7) is 2.16. The van der Waals surface area contributed by atoms with Crippen LogP contribution in [-0.4, -0.2) is 5.11 Å². The van der Waals surface area contributed by atoms with Crippen LogP contribution in [0, 0.1) is 0 Å². The first-order chi connectivity index (χ1) is 9.26. The second kappa shape index (κ2) is 5.45. The molecule has 0 aliphatic carbocycles. The summed E-state index contributed by atoms with van der Waals surface area (Å²) < 4.78 is 1.25. The molecule has 3 aromatic rings. The summed E-state index contributed by atoms with van der Waals surface area (Å²) >= 11 is 3.50. The molecule has 0 spiro atoms. The van der Waals surface area contributed by atoms with Crippen LogP contribution in [0.4, 0.5) is 0 Å². The van der Waals surface area contributed by atoms with Crippen molar-refractivity contribution in [3.63, 3.8) is 0 Å². The molecule has 0 bridgehead atoms. The minimum Gasteiger partial charge on any atom is -0.387 e. The zero-order valence-corrected chi connectivity index (χ0v) is 12.4. The summed E-state index contributed by atoms with van der Waals surface area (Å²) in [5, 5.41) is 11.6. The van der Waals surface area contributed by atoms with Gasteiger partial charge in [-0.15, -0.1) is 22.7 Å². The summed E-state index contributed by atoms with van der Waals surface area (Å²) in [7, 11) is 0. The summed E-state index contributed by atoms with van der Waals surface area (Å²) in [5.74, 6) is 0. The van der Waals surface area contributed by atoms with E-state index in [-0.39, 0.29) is 6.10 Å². The van der Waals surface area contributed by atoms with Gasteiger partial charge in [-0.1, -0.05) is 25.1 Å². The molecule has 3 rings (SSSR count). The highest BCUT2D eigenvalue weighted by atomic mass is 32.1. The molecular formula is C16H16OS2. The Morgan fingerprint density at radius 1 is 1.05 bits per heavy atom. The Balaban J connectivity index is 1.81. The molecule has 1 aromatic carbocycles. The molecule has 0 radical (unpaired) electrons. The van der Waals surface area contributed by atoms with Gasteiger partial charge in [0, 0.05) is 25.8 Å². The Bertz CT molecular complexity index is 648. The Labute approximate surface area is 121 Å². The highest BCUT2D eigenvalue weighted by Crippen LogP contribution is 2.32. The third-order valence-electron chi connectivity index (χ3n) is 3.23. The van der Waals surface area contributed by atoms with Gasteiger partial charge in [-0.05, 0) is 36.1 Å². The predicted molar refractivity (Wildman–Crippen MR) is 84.2 cm³/mol. The highest BCUT2D eigenvalue weighted by molar-refractivity contribution is 7.19. The molecule has 0 amide bonds. The third-order valence-corrected chi connectivity index (χ3v) is 5.70. The molecular weight excluding hydrogens is 272 g/mol. The largest absolute Gasteiger partial charge is 0.387 e. The maximum Gasteiger partial charge on any atom is 0.0930 e. The van der Waals surface area contributed by atoms with E-state index in [4.69, 9.17) is 0 Å². The van der Waals surface area contributed by atoms with Crippen LogP contribution in [0.1, 0.15) is 27.7 Å². The number of rotatable bonds is 4. The van der Waals surface area contributed by atoms with Crippen LogP contribution < -0.4 is 0 Å². The van der Waals surface area contributed by atoms with Gasteiger partial charge >= 0.3 is 0 Å². The van der Waals surface area contributed by atoms with Crippen molar-refractivity contribution >= 4 is 32.8 Å². The second-order valence-corrected chi connectivity index (χ2v) is 7.00. The van der Waals surface area contributed by atoms with Crippen LogP contribution in [0.5, 0.6) is 0 Å². The molecule has 0 saturated carbocycles. The van der Waals surface area contributed by atoms with Crippen molar-refractivity contribution in [3.8, 4) is 0 Å². The normalized spacial score (nSPS) is 12.9. The molecule has 2 aromatic heterocycles. The molecule has 1 nitrogen and oxygen atoms in total. The van der Waals surface area contributed by atoms with E-state index < -0.39 is 0 Å². The number of hydrogen-bond acceptors (Lipinski definition) is 3. The number of aryl methyl sites for hydroxylation is 1. The van der Waals surface area contributed by atoms with E-state index in [1.54, 1.807) is 11.3 Å². The van der Waals surface area contributed by atoms with Crippen LogP contribution >= 0.6 is 22.7 Å². The van der Waals surface area contributed by atoms with Gasteiger partial charge in [0.2, 0.25) is 0 Å². The van der Waals surface area contributed by atoms with Crippen molar-refractivity contribution in [3.05, 3.63) is 57.1 Å². The second-order valence-electron chi connectivity index (χ2n) is 4.63. The topological polar surface area (TPSA) is 20.2 Å². The molecule has 0 aliphatic heterocycles. The molecule has 1 N–H and O–H groups in total. The Kier molecular flexibility index (Phi) is 3.69. The molecule has 98 valence electrons. The van der Waals surface area contributed by atoms with Crippen molar-refractivity contribution in [1.29, 1.82) is 0 Å². The van der Waals surface area contributed by atoms with Crippen LogP contribution in [0.25, 0.3) is 10.1 Å². The summed E-state index contributed by atoms with van der Waals surface area (Å²) in [5.41, 5.74) is 0. The number of aliphatic hydroxyl groups is 1. The lowest BCUT2D eigenvalue weighted by Crippen LogP contribution is -1.97. The number of aliphatic hydroxyl groups excluding tert-OH is 1. The van der Waals surface area contributed by atoms with Crippen LogP contribution in [0.3, 0.4) is 0 Å². The Hall–Kier alpha value is -1.16. The number of fused-ring (bicyclic) bond motifs is 1. The van der Waals surface area contributed by atoms with E-state index >= 15 is 0 Å². The average Bonchev–Trinajstić information content (AvgIpc) is 3.04. The van der Waals surface area contributed by atoms with Crippen molar-refractivity contribution in [2.24, 2.45) is 0 Å². The lowest BCUT2D eigenvalue weighted by molar-refractivity contribution is 0.183. The van der Waals surface area contributed by atoms with Crippen LogP contribution in [-0.2, 0) is 12.8 Å². The minimum atomic E-state index is -0.388. The minimum absolute atomic E-state index is 0.388. The maximum atomic E-state index is 10.4. The lowest BCUT2D eigenvalue weighted by Gasteiger charge is -2.05. The molecule has 0 fully saturated rings. The number of thiophene rings is 2. The predicted octanol–water partition coefficient (Wildman–Crippen LogP) is 4.80. The van der Waals surface area contributed by atoms with E-state index in [2.05, 4.69) is 37.3 Å². The average molecular weight is 288 g/mol. The number of benzene rings is 1. The van der Waals surface area contributed by atoms with Crippen LogP contribution in [0.15, 0.2) is 42.5 Å². The Morgan fingerprint density at radius 2 is 1.84 bits per heavy atom. The number of hydrogen-bond donors (Lipinski definition) is 1. The van der Waals surface area contributed by atoms with E-state index in [1.807, 2.05) is 23.5 Å². The SMILES string of the molecule is CCc1ccc(CC(O)c2cc3ccccc3s2)s1. The molecule has 1 atom stereocenters. The first-order valence-corrected chi connectivity index (χ1v) is 8.13. The van der Waals surface area contributed by atoms with E-state index in [9.17, 15) is 5.11 Å². The third kappa shape index (κ3) is 2.73. The first kappa shape index (κ1) is 12.9. The molecule has 2 heterocycles. The van der Waals surface area contributed by atoms with Gasteiger partial charge in [0.1, 0.15) is 0 Å². The van der Waals surface area contributed by atoms with E-state index in [0.717, 1.165) is 17.7 Å². The Morgan fingerprint density at radius 3 is 2.58 bits per heavy atom. The fraction of sp³-hybridized carbons (Fsp3) is 0.250. The maximum absolute atomic E-state index is 10.4. The van der Waals surface area contributed by atoms with Gasteiger partial charge in [0.25, 0.3) is 0 Å². The highest BCUT2D eigenvalue weighted by Gasteiger charge is 2.13. The molecule has 0 saturated heterocycles. The van der Waals surface area contributed by atoms with Crippen molar-refractivity contribution in [2.45, 2.75) is 25.9 Å². The molecule has 0 aliphatic rings. The zero-order valence-electron chi connectivity index (χ0n) is 10.8. The quantitative estimate of drug-likeness (QED) is 0.731. The van der Waals surface area contributed by atoms with Gasteiger partial charge < -0.3 is 5.11 Å². The van der Waals surface area contributed by atoms with Gasteiger partial charge in [-0.2, -0.15) is 0 Å².